The number of methoxy groups -OCH3 is 1. The number of hydrogen-bond donors (Lipinski definition) is 1. The number of unbranched alkanes of at least 4 members (excludes halogenated alkanes) is 3. The average Bonchev–Trinajstić information content (AvgIpc) is 2.18. The van der Waals surface area contributed by atoms with Gasteiger partial charge in [0.25, 0.3) is 0 Å². The zero-order chi connectivity index (χ0) is 10.6. The van der Waals surface area contributed by atoms with Crippen molar-refractivity contribution in [2.24, 2.45) is 11.7 Å². The van der Waals surface area contributed by atoms with Crippen LogP contribution in [-0.2, 0) is 4.74 Å². The summed E-state index contributed by atoms with van der Waals surface area (Å²) in [6.45, 7) is 4.11. The van der Waals surface area contributed by atoms with Crippen LogP contribution in [0.1, 0.15) is 51.9 Å². The van der Waals surface area contributed by atoms with Crippen LogP contribution in [0.3, 0.4) is 0 Å². The van der Waals surface area contributed by atoms with Gasteiger partial charge in [0, 0.05) is 13.7 Å². The number of ether oxygens (including phenoxy) is 1. The van der Waals surface area contributed by atoms with E-state index in [4.69, 9.17) is 10.5 Å². The van der Waals surface area contributed by atoms with E-state index in [0.29, 0.717) is 0 Å². The summed E-state index contributed by atoms with van der Waals surface area (Å²) in [7, 11) is 1.78. The molecule has 0 aromatic heterocycles. The molecule has 86 valence electrons. The highest BCUT2D eigenvalue weighted by atomic mass is 16.5. The first-order valence-corrected chi connectivity index (χ1v) is 6.00. The van der Waals surface area contributed by atoms with Crippen LogP contribution in [0.2, 0.25) is 0 Å². The third-order valence-electron chi connectivity index (χ3n) is 2.70. The van der Waals surface area contributed by atoms with Gasteiger partial charge in [-0.3, -0.25) is 0 Å². The van der Waals surface area contributed by atoms with Crippen LogP contribution in [0.4, 0.5) is 0 Å². The van der Waals surface area contributed by atoms with Crippen molar-refractivity contribution >= 4 is 0 Å². The molecular weight excluding hydrogens is 174 g/mol. The molecule has 1 unspecified atom stereocenters. The molecule has 0 saturated carbocycles. The first-order chi connectivity index (χ1) is 6.81. The lowest BCUT2D eigenvalue weighted by atomic mass is 9.98. The van der Waals surface area contributed by atoms with Crippen LogP contribution in [-0.4, -0.2) is 20.3 Å². The summed E-state index contributed by atoms with van der Waals surface area (Å²) in [6.07, 6.45) is 9.11. The number of rotatable bonds is 10. The van der Waals surface area contributed by atoms with E-state index in [1.807, 2.05) is 0 Å². The molecule has 0 saturated heterocycles. The normalized spacial score (nSPS) is 13.1. The Hall–Kier alpha value is -0.0800. The summed E-state index contributed by atoms with van der Waals surface area (Å²) in [5, 5.41) is 0. The van der Waals surface area contributed by atoms with Gasteiger partial charge < -0.3 is 10.5 Å². The Morgan fingerprint density at radius 1 is 1.00 bits per heavy atom. The van der Waals surface area contributed by atoms with E-state index in [9.17, 15) is 0 Å². The molecule has 0 aromatic rings. The molecule has 0 heterocycles. The lowest BCUT2D eigenvalue weighted by Crippen LogP contribution is -1.99. The smallest absolute Gasteiger partial charge is 0.0462 e. The fourth-order valence-corrected chi connectivity index (χ4v) is 1.71. The summed E-state index contributed by atoms with van der Waals surface area (Å²) in [4.78, 5) is 0. The zero-order valence-electron chi connectivity index (χ0n) is 9.93. The van der Waals surface area contributed by atoms with Crippen LogP contribution < -0.4 is 5.73 Å². The molecule has 0 aromatic carbocycles. The van der Waals surface area contributed by atoms with E-state index in [1.165, 1.54) is 44.9 Å². The molecule has 0 aliphatic rings. The van der Waals surface area contributed by atoms with Crippen LogP contribution >= 0.6 is 0 Å². The summed E-state index contributed by atoms with van der Waals surface area (Å²) in [6, 6.07) is 0. The third kappa shape index (κ3) is 10.0. The van der Waals surface area contributed by atoms with E-state index < -0.39 is 0 Å². The van der Waals surface area contributed by atoms with Gasteiger partial charge >= 0.3 is 0 Å². The predicted molar refractivity (Wildman–Crippen MR) is 62.4 cm³/mol. The van der Waals surface area contributed by atoms with E-state index in [-0.39, 0.29) is 0 Å². The third-order valence-corrected chi connectivity index (χ3v) is 2.70. The van der Waals surface area contributed by atoms with Gasteiger partial charge in [0.15, 0.2) is 0 Å². The fourth-order valence-electron chi connectivity index (χ4n) is 1.71. The largest absolute Gasteiger partial charge is 0.385 e. The highest BCUT2D eigenvalue weighted by Gasteiger charge is 2.01. The highest BCUT2D eigenvalue weighted by molar-refractivity contribution is 4.54. The van der Waals surface area contributed by atoms with Crippen molar-refractivity contribution in [3.63, 3.8) is 0 Å². The summed E-state index contributed by atoms with van der Waals surface area (Å²) >= 11 is 0. The first-order valence-electron chi connectivity index (χ1n) is 6.00. The molecule has 2 nitrogen and oxygen atoms in total. The Bertz CT molecular complexity index is 106. The molecule has 0 spiro atoms. The standard InChI is InChI=1S/C12H27NO/c1-12(9-7-11-14-2)8-5-3-4-6-10-13/h12H,3-11,13H2,1-2H3. The maximum atomic E-state index is 5.44. The predicted octanol–water partition coefficient (Wildman–Crippen LogP) is 2.96. The molecule has 0 amide bonds. The van der Waals surface area contributed by atoms with Crippen molar-refractivity contribution in [1.29, 1.82) is 0 Å². The number of nitrogens with two attached hydrogens (primary N) is 1. The van der Waals surface area contributed by atoms with Crippen molar-refractivity contribution in [3.05, 3.63) is 0 Å². The second kappa shape index (κ2) is 11.0. The van der Waals surface area contributed by atoms with Gasteiger partial charge in [-0.1, -0.05) is 32.6 Å². The van der Waals surface area contributed by atoms with Crippen molar-refractivity contribution in [1.82, 2.24) is 0 Å². The van der Waals surface area contributed by atoms with Gasteiger partial charge in [-0.05, 0) is 31.7 Å². The molecule has 2 N–H and O–H groups in total. The van der Waals surface area contributed by atoms with E-state index in [0.717, 1.165) is 19.1 Å². The maximum absolute atomic E-state index is 5.44. The zero-order valence-corrected chi connectivity index (χ0v) is 9.93. The molecule has 14 heavy (non-hydrogen) atoms. The topological polar surface area (TPSA) is 35.2 Å². The maximum Gasteiger partial charge on any atom is 0.0462 e. The van der Waals surface area contributed by atoms with Crippen LogP contribution in [0.25, 0.3) is 0 Å². The SMILES string of the molecule is COCCCC(C)CCCCCCN. The van der Waals surface area contributed by atoms with Crippen LogP contribution in [0.15, 0.2) is 0 Å². The summed E-state index contributed by atoms with van der Waals surface area (Å²) in [5.74, 6) is 0.864. The van der Waals surface area contributed by atoms with Gasteiger partial charge in [-0.25, -0.2) is 0 Å². The van der Waals surface area contributed by atoms with Gasteiger partial charge in [0.1, 0.15) is 0 Å². The molecule has 0 fully saturated rings. The quantitative estimate of drug-likeness (QED) is 0.552. The minimum absolute atomic E-state index is 0.851. The van der Waals surface area contributed by atoms with Crippen molar-refractivity contribution in [3.8, 4) is 0 Å². The van der Waals surface area contributed by atoms with Crippen LogP contribution in [0.5, 0.6) is 0 Å². The Morgan fingerprint density at radius 2 is 1.64 bits per heavy atom. The minimum atomic E-state index is 0.851. The lowest BCUT2D eigenvalue weighted by Gasteiger charge is -2.10. The Kier molecular flexibility index (Phi) is 10.9. The van der Waals surface area contributed by atoms with E-state index >= 15 is 0 Å². The van der Waals surface area contributed by atoms with Gasteiger partial charge in [0.05, 0.1) is 0 Å². The second-order valence-electron chi connectivity index (χ2n) is 4.23. The molecule has 1 atom stereocenters. The lowest BCUT2D eigenvalue weighted by molar-refractivity contribution is 0.187. The Balaban J connectivity index is 3.06. The molecule has 2 heteroatoms. The van der Waals surface area contributed by atoms with E-state index in [1.54, 1.807) is 7.11 Å². The van der Waals surface area contributed by atoms with E-state index in [2.05, 4.69) is 6.92 Å². The summed E-state index contributed by atoms with van der Waals surface area (Å²) < 4.78 is 5.04. The molecule has 0 aliphatic carbocycles. The number of hydrogen-bond acceptors (Lipinski definition) is 2. The molecule has 0 radical (unpaired) electrons. The fraction of sp³-hybridized carbons (Fsp3) is 1.00. The Morgan fingerprint density at radius 3 is 2.29 bits per heavy atom. The monoisotopic (exact) mass is 201 g/mol. The minimum Gasteiger partial charge on any atom is -0.385 e. The van der Waals surface area contributed by atoms with Crippen molar-refractivity contribution in [2.45, 2.75) is 51.9 Å². The molecular formula is C12H27NO. The van der Waals surface area contributed by atoms with Gasteiger partial charge in [-0.2, -0.15) is 0 Å². The van der Waals surface area contributed by atoms with Crippen molar-refractivity contribution in [2.75, 3.05) is 20.3 Å². The van der Waals surface area contributed by atoms with Gasteiger partial charge in [0.2, 0.25) is 0 Å². The average molecular weight is 201 g/mol. The molecule has 0 aliphatic heterocycles. The Labute approximate surface area is 89.2 Å². The highest BCUT2D eigenvalue weighted by Crippen LogP contribution is 2.15. The second-order valence-corrected chi connectivity index (χ2v) is 4.23. The first kappa shape index (κ1) is 13.9. The molecule has 0 bridgehead atoms. The molecule has 0 rings (SSSR count). The van der Waals surface area contributed by atoms with Gasteiger partial charge in [-0.15, -0.1) is 0 Å². The van der Waals surface area contributed by atoms with Crippen LogP contribution in [0, 0.1) is 5.92 Å². The summed E-state index contributed by atoms with van der Waals surface area (Å²) in [5.41, 5.74) is 5.44. The van der Waals surface area contributed by atoms with Crippen molar-refractivity contribution < 1.29 is 4.74 Å².